The van der Waals surface area contributed by atoms with Crippen LogP contribution in [-0.4, -0.2) is 10.1 Å². The van der Waals surface area contributed by atoms with E-state index in [1.165, 1.54) is 0 Å². The van der Waals surface area contributed by atoms with Crippen molar-refractivity contribution in [2.24, 2.45) is 0 Å². The van der Waals surface area contributed by atoms with Crippen LogP contribution in [0.1, 0.15) is 5.56 Å². The molecule has 2 nitrogen and oxygen atoms in total. The molecule has 0 atom stereocenters. The third-order valence-electron chi connectivity index (χ3n) is 2.31. The second-order valence-electron chi connectivity index (χ2n) is 3.41. The van der Waals surface area contributed by atoms with Gasteiger partial charge in [0.25, 0.3) is 0 Å². The van der Waals surface area contributed by atoms with Crippen molar-refractivity contribution in [1.29, 1.82) is 0 Å². The average molecular weight is 289 g/mol. The van der Waals surface area contributed by atoms with E-state index in [1.54, 1.807) is 30.5 Å². The van der Waals surface area contributed by atoms with Gasteiger partial charge in [0.2, 0.25) is 0 Å². The first-order chi connectivity index (χ1) is 8.13. The number of benzene rings is 1. The molecule has 0 fully saturated rings. The van der Waals surface area contributed by atoms with Crippen molar-refractivity contribution in [2.75, 3.05) is 0 Å². The first-order valence-electron chi connectivity index (χ1n) is 4.83. The number of pyridine rings is 1. The van der Waals surface area contributed by atoms with Crippen LogP contribution in [0.5, 0.6) is 0 Å². The van der Waals surface area contributed by atoms with Gasteiger partial charge in [0, 0.05) is 22.3 Å². The van der Waals surface area contributed by atoms with E-state index in [1.807, 2.05) is 0 Å². The molecule has 0 saturated carbocycles. The van der Waals surface area contributed by atoms with Crippen molar-refractivity contribution in [2.45, 2.75) is 6.61 Å². The van der Waals surface area contributed by atoms with E-state index in [4.69, 9.17) is 34.8 Å². The molecular weight excluding hydrogens is 280 g/mol. The maximum Gasteiger partial charge on any atom is 0.0787 e. The highest BCUT2D eigenvalue weighted by Gasteiger charge is 2.14. The first kappa shape index (κ1) is 12.7. The summed E-state index contributed by atoms with van der Waals surface area (Å²) in [6.07, 6.45) is 1.62. The minimum Gasteiger partial charge on any atom is -0.392 e. The van der Waals surface area contributed by atoms with E-state index < -0.39 is 0 Å². The standard InChI is InChI=1S/C12H8Cl3NO/c13-8-4-9(14)11(10(15)5-8)12-7(6-17)2-1-3-16-12/h1-5,17H,6H2. The average Bonchev–Trinajstić information content (AvgIpc) is 2.28. The summed E-state index contributed by atoms with van der Waals surface area (Å²) in [6, 6.07) is 6.71. The smallest absolute Gasteiger partial charge is 0.0787 e. The predicted molar refractivity (Wildman–Crippen MR) is 70.6 cm³/mol. The van der Waals surface area contributed by atoms with Crippen LogP contribution in [0.2, 0.25) is 15.1 Å². The van der Waals surface area contributed by atoms with Crippen molar-refractivity contribution >= 4 is 34.8 Å². The van der Waals surface area contributed by atoms with Crippen LogP contribution in [0.3, 0.4) is 0 Å². The zero-order chi connectivity index (χ0) is 12.4. The Hall–Kier alpha value is -0.800. The summed E-state index contributed by atoms with van der Waals surface area (Å²) in [4.78, 5) is 4.20. The van der Waals surface area contributed by atoms with Crippen molar-refractivity contribution in [3.05, 3.63) is 51.1 Å². The highest BCUT2D eigenvalue weighted by molar-refractivity contribution is 6.41. The predicted octanol–water partition coefficient (Wildman–Crippen LogP) is 4.20. The lowest BCUT2D eigenvalue weighted by atomic mass is 10.1. The number of aliphatic hydroxyl groups is 1. The summed E-state index contributed by atoms with van der Waals surface area (Å²) < 4.78 is 0. The molecule has 0 spiro atoms. The number of aliphatic hydroxyl groups excluding tert-OH is 1. The van der Waals surface area contributed by atoms with Gasteiger partial charge in [-0.15, -0.1) is 0 Å². The van der Waals surface area contributed by atoms with E-state index in [0.717, 1.165) is 0 Å². The van der Waals surface area contributed by atoms with E-state index >= 15 is 0 Å². The first-order valence-corrected chi connectivity index (χ1v) is 5.96. The Bertz CT molecular complexity index is 534. The Labute approximate surface area is 114 Å². The van der Waals surface area contributed by atoms with Gasteiger partial charge in [-0.05, 0) is 18.2 Å². The molecular formula is C12H8Cl3NO. The van der Waals surface area contributed by atoms with Crippen LogP contribution >= 0.6 is 34.8 Å². The summed E-state index contributed by atoms with van der Waals surface area (Å²) in [5, 5.41) is 10.6. The summed E-state index contributed by atoms with van der Waals surface area (Å²) in [5.41, 5.74) is 1.82. The monoisotopic (exact) mass is 287 g/mol. The molecule has 0 aliphatic rings. The number of nitrogens with zero attached hydrogens (tertiary/aromatic N) is 1. The number of aromatic nitrogens is 1. The van der Waals surface area contributed by atoms with Crippen molar-refractivity contribution in [3.8, 4) is 11.3 Å². The van der Waals surface area contributed by atoms with E-state index in [9.17, 15) is 5.11 Å². The SMILES string of the molecule is OCc1cccnc1-c1c(Cl)cc(Cl)cc1Cl. The molecule has 1 N–H and O–H groups in total. The lowest BCUT2D eigenvalue weighted by molar-refractivity contribution is 0.282. The van der Waals surface area contributed by atoms with Gasteiger partial charge in [-0.25, -0.2) is 0 Å². The molecule has 0 aliphatic heterocycles. The summed E-state index contributed by atoms with van der Waals surface area (Å²) in [7, 11) is 0. The summed E-state index contributed by atoms with van der Waals surface area (Å²) in [5.74, 6) is 0. The Morgan fingerprint density at radius 2 is 1.76 bits per heavy atom. The Kier molecular flexibility index (Phi) is 3.89. The van der Waals surface area contributed by atoms with Gasteiger partial charge in [-0.3, -0.25) is 4.98 Å². The highest BCUT2D eigenvalue weighted by Crippen LogP contribution is 2.37. The maximum atomic E-state index is 9.26. The van der Waals surface area contributed by atoms with Gasteiger partial charge in [-0.1, -0.05) is 40.9 Å². The molecule has 0 aliphatic carbocycles. The molecule has 0 amide bonds. The van der Waals surface area contributed by atoms with E-state index in [2.05, 4.69) is 4.98 Å². The number of hydrogen-bond donors (Lipinski definition) is 1. The molecule has 1 heterocycles. The van der Waals surface area contributed by atoms with Crippen molar-refractivity contribution in [1.82, 2.24) is 4.98 Å². The van der Waals surface area contributed by atoms with Crippen LogP contribution in [0.25, 0.3) is 11.3 Å². The molecule has 0 bridgehead atoms. The summed E-state index contributed by atoms with van der Waals surface area (Å²) in [6.45, 7) is -0.127. The molecule has 2 aromatic rings. The number of hydrogen-bond acceptors (Lipinski definition) is 2. The number of halogens is 3. The molecule has 1 aromatic carbocycles. The topological polar surface area (TPSA) is 33.1 Å². The number of rotatable bonds is 2. The van der Waals surface area contributed by atoms with E-state index in [0.29, 0.717) is 31.9 Å². The lowest BCUT2D eigenvalue weighted by Crippen LogP contribution is -1.94. The molecule has 88 valence electrons. The van der Waals surface area contributed by atoms with Crippen molar-refractivity contribution < 1.29 is 5.11 Å². The Morgan fingerprint density at radius 3 is 2.35 bits per heavy atom. The molecule has 1 aromatic heterocycles. The molecule has 5 heteroatoms. The zero-order valence-corrected chi connectivity index (χ0v) is 10.9. The highest BCUT2D eigenvalue weighted by atomic mass is 35.5. The van der Waals surface area contributed by atoms with Gasteiger partial charge in [0.05, 0.1) is 22.3 Å². The lowest BCUT2D eigenvalue weighted by Gasteiger charge is -2.10. The molecule has 0 unspecified atom stereocenters. The third kappa shape index (κ3) is 2.55. The normalized spacial score (nSPS) is 10.6. The minimum absolute atomic E-state index is 0.127. The second kappa shape index (κ2) is 5.23. The van der Waals surface area contributed by atoms with Crippen LogP contribution in [0, 0.1) is 0 Å². The summed E-state index contributed by atoms with van der Waals surface area (Å²) >= 11 is 18.1. The fraction of sp³-hybridized carbons (Fsp3) is 0.0833. The molecule has 2 rings (SSSR count). The van der Waals surface area contributed by atoms with Gasteiger partial charge in [0.15, 0.2) is 0 Å². The molecule has 0 saturated heterocycles. The van der Waals surface area contributed by atoms with Gasteiger partial charge in [0.1, 0.15) is 0 Å². The van der Waals surface area contributed by atoms with Gasteiger partial charge >= 0.3 is 0 Å². The quantitative estimate of drug-likeness (QED) is 0.898. The third-order valence-corrected chi connectivity index (χ3v) is 3.12. The second-order valence-corrected chi connectivity index (χ2v) is 4.66. The van der Waals surface area contributed by atoms with Gasteiger partial charge < -0.3 is 5.11 Å². The Balaban J connectivity index is 2.68. The van der Waals surface area contributed by atoms with E-state index in [-0.39, 0.29) is 6.61 Å². The largest absolute Gasteiger partial charge is 0.392 e. The molecule has 17 heavy (non-hydrogen) atoms. The van der Waals surface area contributed by atoms with Crippen LogP contribution in [0.4, 0.5) is 0 Å². The fourth-order valence-electron chi connectivity index (χ4n) is 1.56. The van der Waals surface area contributed by atoms with Gasteiger partial charge in [-0.2, -0.15) is 0 Å². The minimum atomic E-state index is -0.127. The molecule has 0 radical (unpaired) electrons. The van der Waals surface area contributed by atoms with Crippen LogP contribution < -0.4 is 0 Å². The maximum absolute atomic E-state index is 9.26. The van der Waals surface area contributed by atoms with Crippen LogP contribution in [-0.2, 0) is 6.61 Å². The Morgan fingerprint density at radius 1 is 1.12 bits per heavy atom. The zero-order valence-electron chi connectivity index (χ0n) is 8.62. The fourth-order valence-corrected chi connectivity index (χ4v) is 2.56. The van der Waals surface area contributed by atoms with Crippen LogP contribution in [0.15, 0.2) is 30.5 Å². The van der Waals surface area contributed by atoms with Crippen molar-refractivity contribution in [3.63, 3.8) is 0 Å².